The fourth-order valence-corrected chi connectivity index (χ4v) is 6.27. The molecule has 0 bridgehead atoms. The molecule has 2 fully saturated rings. The SMILES string of the molecule is CO[C@H]1CN(c2ccc3c(c2)C[C@H]2CN(c4ccc(C#N)c5ncccc45)C[C@@H](C)N2C3)C[C@H]1N. The maximum Gasteiger partial charge on any atom is 0.101 e. The van der Waals surface area contributed by atoms with Gasteiger partial charge in [0.1, 0.15) is 6.07 Å². The predicted molar refractivity (Wildman–Crippen MR) is 139 cm³/mol. The second-order valence-corrected chi connectivity index (χ2v) is 10.2. The lowest BCUT2D eigenvalue weighted by Crippen LogP contribution is -2.59. The van der Waals surface area contributed by atoms with E-state index in [4.69, 9.17) is 10.5 Å². The summed E-state index contributed by atoms with van der Waals surface area (Å²) in [5.74, 6) is 0. The van der Waals surface area contributed by atoms with Crippen LogP contribution < -0.4 is 15.5 Å². The van der Waals surface area contributed by atoms with Crippen LogP contribution in [0.2, 0.25) is 0 Å². The number of nitrogens with two attached hydrogens (primary N) is 1. The quantitative estimate of drug-likeness (QED) is 0.633. The lowest BCUT2D eigenvalue weighted by molar-refractivity contribution is 0.101. The van der Waals surface area contributed by atoms with E-state index in [2.05, 4.69) is 63.0 Å². The molecule has 0 amide bonds. The van der Waals surface area contributed by atoms with Crippen LogP contribution in [0.25, 0.3) is 10.9 Å². The summed E-state index contributed by atoms with van der Waals surface area (Å²) in [5, 5.41) is 10.6. The van der Waals surface area contributed by atoms with Crippen LogP contribution in [0.1, 0.15) is 23.6 Å². The smallest absolute Gasteiger partial charge is 0.101 e. The number of nitriles is 1. The summed E-state index contributed by atoms with van der Waals surface area (Å²) in [6.45, 7) is 6.92. The standard InChI is InChI=1S/C28H32N6O/c1-18-13-33(26-8-6-19(12-29)28-24(26)4-3-9-31-28)15-23-11-21-10-22(7-5-20(21)14-34(18)23)32-16-25(30)27(17-32)35-2/h3-10,18,23,25,27H,11,13-17,30H2,1-2H3/t18-,23+,25-,27+/m1/s1. The normalized spacial score (nSPS) is 26.5. The predicted octanol–water partition coefficient (Wildman–Crippen LogP) is 2.90. The Hall–Kier alpha value is -3.18. The van der Waals surface area contributed by atoms with Gasteiger partial charge in [-0.1, -0.05) is 6.07 Å². The molecule has 2 saturated heterocycles. The van der Waals surface area contributed by atoms with Gasteiger partial charge in [0.25, 0.3) is 0 Å². The Morgan fingerprint density at radius 2 is 1.94 bits per heavy atom. The summed E-state index contributed by atoms with van der Waals surface area (Å²) in [7, 11) is 1.75. The highest BCUT2D eigenvalue weighted by atomic mass is 16.5. The summed E-state index contributed by atoms with van der Waals surface area (Å²) in [6, 6.07) is 18.2. The van der Waals surface area contributed by atoms with Gasteiger partial charge in [-0.25, -0.2) is 0 Å². The zero-order valence-electron chi connectivity index (χ0n) is 20.4. The molecule has 0 aliphatic carbocycles. The van der Waals surface area contributed by atoms with Crippen molar-refractivity contribution in [1.29, 1.82) is 5.26 Å². The van der Waals surface area contributed by atoms with Gasteiger partial charge in [0.15, 0.2) is 0 Å². The molecule has 180 valence electrons. The molecule has 6 rings (SSSR count). The molecule has 0 spiro atoms. The molecule has 4 heterocycles. The first kappa shape index (κ1) is 22.3. The van der Waals surface area contributed by atoms with E-state index in [0.717, 1.165) is 50.0 Å². The molecule has 7 heteroatoms. The van der Waals surface area contributed by atoms with Crippen molar-refractivity contribution in [3.8, 4) is 6.07 Å². The second kappa shape index (κ2) is 8.80. The minimum atomic E-state index is 0.0519. The molecule has 2 aromatic carbocycles. The second-order valence-electron chi connectivity index (χ2n) is 10.2. The fourth-order valence-electron chi connectivity index (χ4n) is 6.27. The third-order valence-electron chi connectivity index (χ3n) is 8.13. The molecular weight excluding hydrogens is 436 g/mol. The van der Waals surface area contributed by atoms with E-state index >= 15 is 0 Å². The Labute approximate surface area is 206 Å². The Morgan fingerprint density at radius 3 is 2.74 bits per heavy atom. The first-order valence-corrected chi connectivity index (χ1v) is 12.5. The summed E-state index contributed by atoms with van der Waals surface area (Å²) in [6.07, 6.45) is 2.89. The van der Waals surface area contributed by atoms with Crippen LogP contribution in [0.4, 0.5) is 11.4 Å². The van der Waals surface area contributed by atoms with Crippen LogP contribution in [-0.2, 0) is 17.7 Å². The van der Waals surface area contributed by atoms with E-state index in [1.54, 1.807) is 13.3 Å². The van der Waals surface area contributed by atoms with Crippen LogP contribution >= 0.6 is 0 Å². The van der Waals surface area contributed by atoms with E-state index in [9.17, 15) is 5.26 Å². The number of aromatic nitrogens is 1. The third-order valence-corrected chi connectivity index (χ3v) is 8.13. The van der Waals surface area contributed by atoms with E-state index in [1.807, 2.05) is 12.1 Å². The lowest BCUT2D eigenvalue weighted by atomic mass is 9.89. The average Bonchev–Trinajstić information content (AvgIpc) is 3.27. The van der Waals surface area contributed by atoms with Crippen molar-refractivity contribution >= 4 is 22.3 Å². The van der Waals surface area contributed by atoms with Crippen LogP contribution in [0.3, 0.4) is 0 Å². The number of pyridine rings is 1. The molecule has 1 aromatic heterocycles. The topological polar surface area (TPSA) is 81.7 Å². The number of hydrogen-bond acceptors (Lipinski definition) is 7. The van der Waals surface area contributed by atoms with Crippen molar-refractivity contribution in [3.05, 3.63) is 65.4 Å². The maximum absolute atomic E-state index is 9.54. The van der Waals surface area contributed by atoms with Crippen molar-refractivity contribution in [2.24, 2.45) is 5.73 Å². The molecule has 3 aromatic rings. The van der Waals surface area contributed by atoms with E-state index < -0.39 is 0 Å². The Balaban J connectivity index is 1.27. The number of hydrogen-bond donors (Lipinski definition) is 1. The highest BCUT2D eigenvalue weighted by Gasteiger charge is 2.37. The number of nitrogens with zero attached hydrogens (tertiary/aromatic N) is 5. The van der Waals surface area contributed by atoms with Gasteiger partial charge in [0, 0.05) is 74.9 Å². The molecule has 0 saturated carbocycles. The van der Waals surface area contributed by atoms with Gasteiger partial charge in [-0.15, -0.1) is 0 Å². The fraction of sp³-hybridized carbons (Fsp3) is 0.429. The van der Waals surface area contributed by atoms with Crippen molar-refractivity contribution in [2.75, 3.05) is 43.1 Å². The summed E-state index contributed by atoms with van der Waals surface area (Å²) >= 11 is 0. The minimum absolute atomic E-state index is 0.0519. The molecule has 4 atom stereocenters. The van der Waals surface area contributed by atoms with E-state index in [1.165, 1.54) is 22.5 Å². The molecule has 35 heavy (non-hydrogen) atoms. The monoisotopic (exact) mass is 468 g/mol. The van der Waals surface area contributed by atoms with Crippen molar-refractivity contribution in [1.82, 2.24) is 9.88 Å². The molecule has 0 radical (unpaired) electrons. The van der Waals surface area contributed by atoms with Gasteiger partial charge in [0.2, 0.25) is 0 Å². The molecule has 2 N–H and O–H groups in total. The number of anilines is 2. The van der Waals surface area contributed by atoms with Gasteiger partial charge in [0.05, 0.1) is 23.2 Å². The van der Waals surface area contributed by atoms with E-state index in [0.29, 0.717) is 17.6 Å². The lowest BCUT2D eigenvalue weighted by Gasteiger charge is -2.49. The molecule has 3 aliphatic rings. The van der Waals surface area contributed by atoms with Crippen LogP contribution in [-0.4, -0.2) is 67.4 Å². The Kier molecular flexibility index (Phi) is 5.60. The van der Waals surface area contributed by atoms with Gasteiger partial charge in [-0.2, -0.15) is 5.26 Å². The van der Waals surface area contributed by atoms with Gasteiger partial charge >= 0.3 is 0 Å². The van der Waals surface area contributed by atoms with Crippen molar-refractivity contribution in [3.63, 3.8) is 0 Å². The van der Waals surface area contributed by atoms with Crippen molar-refractivity contribution < 1.29 is 4.74 Å². The Morgan fingerprint density at radius 1 is 1.06 bits per heavy atom. The molecule has 7 nitrogen and oxygen atoms in total. The van der Waals surface area contributed by atoms with Gasteiger partial charge in [-0.05, 0) is 60.9 Å². The summed E-state index contributed by atoms with van der Waals surface area (Å²) in [5.41, 5.74) is 13.0. The molecule has 0 unspecified atom stereocenters. The van der Waals surface area contributed by atoms with Gasteiger partial charge < -0.3 is 20.3 Å². The van der Waals surface area contributed by atoms with Crippen LogP contribution in [0.15, 0.2) is 48.7 Å². The molecular formula is C28H32N6O. The van der Waals surface area contributed by atoms with Crippen molar-refractivity contribution in [2.45, 2.75) is 44.1 Å². The zero-order valence-corrected chi connectivity index (χ0v) is 20.4. The summed E-state index contributed by atoms with van der Waals surface area (Å²) in [4.78, 5) is 12.0. The van der Waals surface area contributed by atoms with Gasteiger partial charge in [-0.3, -0.25) is 9.88 Å². The maximum atomic E-state index is 9.54. The highest BCUT2D eigenvalue weighted by molar-refractivity contribution is 5.95. The van der Waals surface area contributed by atoms with Crippen LogP contribution in [0.5, 0.6) is 0 Å². The van der Waals surface area contributed by atoms with E-state index in [-0.39, 0.29) is 12.1 Å². The largest absolute Gasteiger partial charge is 0.378 e. The number of benzene rings is 2. The van der Waals surface area contributed by atoms with Crippen LogP contribution in [0, 0.1) is 11.3 Å². The molecule has 3 aliphatic heterocycles. The Bertz CT molecular complexity index is 1300. The first-order valence-electron chi connectivity index (χ1n) is 12.5. The minimum Gasteiger partial charge on any atom is -0.378 e. The first-order chi connectivity index (χ1) is 17.1. The number of methoxy groups -OCH3 is 1. The third kappa shape index (κ3) is 3.82. The number of fused-ring (bicyclic) bond motifs is 3. The zero-order chi connectivity index (χ0) is 24.1. The number of piperazine rings is 1. The number of rotatable bonds is 3. The number of ether oxygens (including phenoxy) is 1. The highest BCUT2D eigenvalue weighted by Crippen LogP contribution is 2.36. The summed E-state index contributed by atoms with van der Waals surface area (Å²) < 4.78 is 5.57. The average molecular weight is 469 g/mol.